The minimum Gasteiger partial charge on any atom is -0.481 e. The van der Waals surface area contributed by atoms with Crippen molar-refractivity contribution in [2.24, 2.45) is 0 Å². The fourth-order valence-corrected chi connectivity index (χ4v) is 3.56. The molecule has 0 aliphatic rings. The molecule has 2 aromatic carbocycles. The number of fused-ring (bicyclic) bond motifs is 3. The minimum absolute atomic E-state index is 0.715. The van der Waals surface area contributed by atoms with Crippen LogP contribution >= 0.6 is 22.9 Å². The van der Waals surface area contributed by atoms with Crippen LogP contribution in [0.25, 0.3) is 20.2 Å². The largest absolute Gasteiger partial charge is 0.481 e. The molecule has 4 heteroatoms. The maximum Gasteiger partial charge on any atom is 0.313 e. The second-order valence-electron chi connectivity index (χ2n) is 5.38. The number of carboxylic acids is 1. The van der Waals surface area contributed by atoms with Gasteiger partial charge in [0.1, 0.15) is 0 Å². The van der Waals surface area contributed by atoms with E-state index in [0.29, 0.717) is 5.02 Å². The highest BCUT2D eigenvalue weighted by Gasteiger charge is 2.29. The van der Waals surface area contributed by atoms with E-state index >= 15 is 0 Å². The average molecular weight is 305 g/mol. The third kappa shape index (κ3) is 1.98. The molecule has 0 fully saturated rings. The monoisotopic (exact) mass is 304 g/mol. The third-order valence-electron chi connectivity index (χ3n) is 3.69. The number of carbonyl (C=O) groups is 1. The van der Waals surface area contributed by atoms with E-state index in [1.165, 1.54) is 0 Å². The highest BCUT2D eigenvalue weighted by Crippen LogP contribution is 2.37. The Morgan fingerprint density at radius 1 is 1.10 bits per heavy atom. The van der Waals surface area contributed by atoms with Gasteiger partial charge in [-0.1, -0.05) is 23.7 Å². The molecule has 0 saturated heterocycles. The van der Waals surface area contributed by atoms with Crippen LogP contribution in [0.2, 0.25) is 5.02 Å². The van der Waals surface area contributed by atoms with Gasteiger partial charge in [-0.3, -0.25) is 4.79 Å². The lowest BCUT2D eigenvalue weighted by molar-refractivity contribution is -0.142. The van der Waals surface area contributed by atoms with E-state index in [1.807, 2.05) is 36.4 Å². The van der Waals surface area contributed by atoms with E-state index in [4.69, 9.17) is 11.6 Å². The molecule has 2 nitrogen and oxygen atoms in total. The highest BCUT2D eigenvalue weighted by atomic mass is 35.5. The third-order valence-corrected chi connectivity index (χ3v) is 5.06. The van der Waals surface area contributed by atoms with Gasteiger partial charge in [-0.05, 0) is 43.7 Å². The first-order chi connectivity index (χ1) is 9.39. The van der Waals surface area contributed by atoms with E-state index < -0.39 is 11.4 Å². The molecule has 0 bridgehead atoms. The number of hydrogen-bond acceptors (Lipinski definition) is 2. The lowest BCUT2D eigenvalue weighted by Crippen LogP contribution is -2.28. The van der Waals surface area contributed by atoms with E-state index in [-0.39, 0.29) is 0 Å². The molecule has 0 aliphatic carbocycles. The van der Waals surface area contributed by atoms with Crippen LogP contribution < -0.4 is 0 Å². The van der Waals surface area contributed by atoms with Crippen molar-refractivity contribution in [1.82, 2.24) is 0 Å². The Labute approximate surface area is 125 Å². The summed E-state index contributed by atoms with van der Waals surface area (Å²) in [5.41, 5.74) is -0.0719. The number of carboxylic acid groups (broad SMARTS) is 1. The predicted octanol–water partition coefficient (Wildman–Crippen LogP) is 5.07. The van der Waals surface area contributed by atoms with Crippen molar-refractivity contribution in [3.05, 3.63) is 47.0 Å². The van der Waals surface area contributed by atoms with Gasteiger partial charge < -0.3 is 5.11 Å². The molecule has 1 aromatic heterocycles. The number of rotatable bonds is 2. The predicted molar refractivity (Wildman–Crippen MR) is 85.0 cm³/mol. The first kappa shape index (κ1) is 13.4. The molecule has 0 radical (unpaired) electrons. The van der Waals surface area contributed by atoms with Crippen molar-refractivity contribution in [3.63, 3.8) is 0 Å². The molecule has 3 aromatic rings. The van der Waals surface area contributed by atoms with Crippen LogP contribution in [-0.4, -0.2) is 11.1 Å². The van der Waals surface area contributed by atoms with Crippen molar-refractivity contribution < 1.29 is 9.90 Å². The van der Waals surface area contributed by atoms with Crippen LogP contribution in [0, 0.1) is 0 Å². The first-order valence-corrected chi connectivity index (χ1v) is 7.45. The number of aliphatic carboxylic acids is 1. The molecule has 0 spiro atoms. The fourth-order valence-electron chi connectivity index (χ4n) is 2.26. The Bertz CT molecular complexity index is 833. The summed E-state index contributed by atoms with van der Waals surface area (Å²) in [6.07, 6.45) is 0. The molecular weight excluding hydrogens is 292 g/mol. The highest BCUT2D eigenvalue weighted by molar-refractivity contribution is 7.25. The van der Waals surface area contributed by atoms with Gasteiger partial charge in [-0.15, -0.1) is 11.3 Å². The number of thiophene rings is 1. The van der Waals surface area contributed by atoms with Crippen LogP contribution in [0.1, 0.15) is 19.4 Å². The molecule has 0 atom stereocenters. The number of benzene rings is 2. The molecule has 0 amide bonds. The summed E-state index contributed by atoms with van der Waals surface area (Å²) >= 11 is 7.71. The summed E-state index contributed by atoms with van der Waals surface area (Å²) in [6, 6.07) is 11.7. The number of halogens is 1. The van der Waals surface area contributed by atoms with Crippen molar-refractivity contribution in [2.75, 3.05) is 0 Å². The van der Waals surface area contributed by atoms with Crippen molar-refractivity contribution in [3.8, 4) is 0 Å². The zero-order valence-electron chi connectivity index (χ0n) is 11.1. The SMILES string of the molecule is CC(C)(C(=O)O)c1ccc2c(c1)sc1ccc(Cl)cc12. The Morgan fingerprint density at radius 3 is 2.55 bits per heavy atom. The summed E-state index contributed by atoms with van der Waals surface area (Å²) in [7, 11) is 0. The van der Waals surface area contributed by atoms with Crippen molar-refractivity contribution in [2.45, 2.75) is 19.3 Å². The summed E-state index contributed by atoms with van der Waals surface area (Å²) < 4.78 is 2.25. The lowest BCUT2D eigenvalue weighted by atomic mass is 9.84. The summed E-state index contributed by atoms with van der Waals surface area (Å²) in [5.74, 6) is -0.819. The molecule has 0 unspecified atom stereocenters. The molecular formula is C16H13ClO2S. The molecule has 1 N–H and O–H groups in total. The van der Waals surface area contributed by atoms with Crippen LogP contribution in [0.5, 0.6) is 0 Å². The lowest BCUT2D eigenvalue weighted by Gasteiger charge is -2.19. The van der Waals surface area contributed by atoms with Crippen molar-refractivity contribution >= 4 is 49.1 Å². The Kier molecular flexibility index (Phi) is 3.00. The topological polar surface area (TPSA) is 37.3 Å². The first-order valence-electron chi connectivity index (χ1n) is 6.25. The van der Waals surface area contributed by atoms with Crippen LogP contribution in [0.3, 0.4) is 0 Å². The standard InChI is InChI=1S/C16H13ClO2S/c1-16(2,15(18)19)9-3-5-11-12-8-10(17)4-6-13(12)20-14(11)7-9/h3-8H,1-2H3,(H,18,19). The van der Waals surface area contributed by atoms with Gasteiger partial charge in [-0.25, -0.2) is 0 Å². The van der Waals surface area contributed by atoms with Gasteiger partial charge in [0.05, 0.1) is 5.41 Å². The van der Waals surface area contributed by atoms with Gasteiger partial charge in [0.15, 0.2) is 0 Å². The molecule has 0 aliphatic heterocycles. The van der Waals surface area contributed by atoms with Crippen molar-refractivity contribution in [1.29, 1.82) is 0 Å². The fraction of sp³-hybridized carbons (Fsp3) is 0.188. The van der Waals surface area contributed by atoms with Gasteiger partial charge in [0.2, 0.25) is 0 Å². The van der Waals surface area contributed by atoms with Gasteiger partial charge in [0.25, 0.3) is 0 Å². The molecule has 20 heavy (non-hydrogen) atoms. The zero-order chi connectivity index (χ0) is 14.5. The normalized spacial score (nSPS) is 12.2. The molecule has 0 saturated carbocycles. The summed E-state index contributed by atoms with van der Waals surface area (Å²) in [5, 5.41) is 12.3. The summed E-state index contributed by atoms with van der Waals surface area (Å²) in [6.45, 7) is 3.45. The van der Waals surface area contributed by atoms with Gasteiger partial charge >= 0.3 is 5.97 Å². The quantitative estimate of drug-likeness (QED) is 0.717. The van der Waals surface area contributed by atoms with Crippen LogP contribution in [0.15, 0.2) is 36.4 Å². The van der Waals surface area contributed by atoms with Gasteiger partial charge in [-0.2, -0.15) is 0 Å². The van der Waals surface area contributed by atoms with E-state index in [2.05, 4.69) is 0 Å². The Hall–Kier alpha value is -1.58. The molecule has 3 rings (SSSR count). The van der Waals surface area contributed by atoms with Gasteiger partial charge in [0, 0.05) is 25.2 Å². The van der Waals surface area contributed by atoms with E-state index in [1.54, 1.807) is 25.2 Å². The second kappa shape index (κ2) is 4.47. The summed E-state index contributed by atoms with van der Waals surface area (Å²) in [4.78, 5) is 11.4. The second-order valence-corrected chi connectivity index (χ2v) is 6.90. The van der Waals surface area contributed by atoms with Crippen LogP contribution in [0.4, 0.5) is 0 Å². The number of hydrogen-bond donors (Lipinski definition) is 1. The van der Waals surface area contributed by atoms with Crippen LogP contribution in [-0.2, 0) is 10.2 Å². The maximum absolute atomic E-state index is 11.4. The zero-order valence-corrected chi connectivity index (χ0v) is 12.7. The minimum atomic E-state index is -0.887. The molecule has 102 valence electrons. The smallest absolute Gasteiger partial charge is 0.313 e. The molecule has 1 heterocycles. The Morgan fingerprint density at radius 2 is 1.85 bits per heavy atom. The Balaban J connectivity index is 2.27. The average Bonchev–Trinajstić information content (AvgIpc) is 2.75. The van der Waals surface area contributed by atoms with E-state index in [9.17, 15) is 9.90 Å². The maximum atomic E-state index is 11.4. The van der Waals surface area contributed by atoms with E-state index in [0.717, 1.165) is 25.7 Å².